The highest BCUT2D eigenvalue weighted by Gasteiger charge is 2.16. The van der Waals surface area contributed by atoms with Gasteiger partial charge in [-0.25, -0.2) is 0 Å². The second-order valence-electron chi connectivity index (χ2n) is 3.93. The number of nitrogens with zero attached hydrogens (tertiary/aromatic N) is 2. The van der Waals surface area contributed by atoms with Crippen molar-refractivity contribution in [3.63, 3.8) is 0 Å². The second-order valence-corrected chi connectivity index (χ2v) is 4.96. The van der Waals surface area contributed by atoms with Crippen LogP contribution in [0.25, 0.3) is 0 Å². The van der Waals surface area contributed by atoms with Crippen LogP contribution in [0.15, 0.2) is 17.5 Å². The maximum absolute atomic E-state index is 12.0. The van der Waals surface area contributed by atoms with E-state index in [0.29, 0.717) is 12.1 Å². The van der Waals surface area contributed by atoms with Gasteiger partial charge < -0.3 is 5.32 Å². The molecular weight excluding hydrogens is 234 g/mol. The Bertz CT molecular complexity index is 528. The minimum atomic E-state index is -0.0542. The Hall–Kier alpha value is -1.62. The van der Waals surface area contributed by atoms with Crippen molar-refractivity contribution >= 4 is 17.2 Å². The van der Waals surface area contributed by atoms with Gasteiger partial charge in [0.15, 0.2) is 0 Å². The Morgan fingerprint density at radius 2 is 2.29 bits per heavy atom. The lowest BCUT2D eigenvalue weighted by molar-refractivity contribution is 0.0950. The molecule has 0 saturated carbocycles. The highest BCUT2D eigenvalue weighted by atomic mass is 32.1. The number of nitrogens with one attached hydrogen (secondary N) is 1. The zero-order valence-electron chi connectivity index (χ0n) is 10.2. The van der Waals surface area contributed by atoms with Crippen LogP contribution >= 0.6 is 11.3 Å². The van der Waals surface area contributed by atoms with Gasteiger partial charge in [0.25, 0.3) is 5.91 Å². The Labute approximate surface area is 104 Å². The van der Waals surface area contributed by atoms with Gasteiger partial charge in [-0.15, -0.1) is 11.3 Å². The van der Waals surface area contributed by atoms with Crippen LogP contribution in [0.5, 0.6) is 0 Å². The molecule has 90 valence electrons. The average Bonchev–Trinajstić information content (AvgIpc) is 2.86. The summed E-state index contributed by atoms with van der Waals surface area (Å²) in [6, 6.07) is 3.99. The number of amides is 1. The average molecular weight is 249 g/mol. The lowest BCUT2D eigenvalue weighted by Gasteiger charge is -2.04. The molecule has 0 unspecified atom stereocenters. The highest BCUT2D eigenvalue weighted by molar-refractivity contribution is 7.09. The third-order valence-electron chi connectivity index (χ3n) is 2.74. The fourth-order valence-corrected chi connectivity index (χ4v) is 2.42. The van der Waals surface area contributed by atoms with Crippen LogP contribution < -0.4 is 5.32 Å². The smallest absolute Gasteiger partial charge is 0.255 e. The lowest BCUT2D eigenvalue weighted by atomic mass is 10.2. The van der Waals surface area contributed by atoms with E-state index >= 15 is 0 Å². The van der Waals surface area contributed by atoms with E-state index in [1.165, 1.54) is 0 Å². The van der Waals surface area contributed by atoms with Crippen molar-refractivity contribution in [2.24, 2.45) is 7.05 Å². The number of aromatic nitrogens is 2. The molecule has 0 radical (unpaired) electrons. The molecule has 2 rings (SSSR count). The maximum Gasteiger partial charge on any atom is 0.255 e. The zero-order chi connectivity index (χ0) is 12.4. The molecule has 1 amide bonds. The maximum atomic E-state index is 12.0. The summed E-state index contributed by atoms with van der Waals surface area (Å²) in [6.07, 6.45) is 0. The van der Waals surface area contributed by atoms with E-state index in [-0.39, 0.29) is 5.91 Å². The van der Waals surface area contributed by atoms with E-state index in [9.17, 15) is 4.79 Å². The van der Waals surface area contributed by atoms with Crippen molar-refractivity contribution in [2.45, 2.75) is 20.4 Å². The summed E-state index contributed by atoms with van der Waals surface area (Å²) in [5.41, 5.74) is 2.35. The fourth-order valence-electron chi connectivity index (χ4n) is 1.77. The third-order valence-corrected chi connectivity index (χ3v) is 3.62. The normalized spacial score (nSPS) is 10.5. The van der Waals surface area contributed by atoms with Gasteiger partial charge >= 0.3 is 0 Å². The first-order valence-corrected chi connectivity index (χ1v) is 6.28. The number of rotatable bonds is 3. The Morgan fingerprint density at radius 1 is 1.53 bits per heavy atom. The number of carbonyl (C=O) groups is 1. The molecular formula is C12H15N3OS. The van der Waals surface area contributed by atoms with Crippen LogP contribution in [0.4, 0.5) is 0 Å². The summed E-state index contributed by atoms with van der Waals surface area (Å²) in [5.74, 6) is -0.0542. The van der Waals surface area contributed by atoms with Crippen LogP contribution in [0.2, 0.25) is 0 Å². The molecule has 0 bridgehead atoms. The van der Waals surface area contributed by atoms with Gasteiger partial charge in [0.05, 0.1) is 17.8 Å². The van der Waals surface area contributed by atoms with Gasteiger partial charge in [-0.2, -0.15) is 5.10 Å². The Kier molecular flexibility index (Phi) is 3.28. The number of thiophene rings is 1. The number of carbonyl (C=O) groups excluding carboxylic acids is 1. The predicted octanol–water partition coefficient (Wildman–Crippen LogP) is 2.03. The van der Waals surface area contributed by atoms with Gasteiger partial charge in [-0.1, -0.05) is 6.07 Å². The van der Waals surface area contributed by atoms with Gasteiger partial charge in [0.2, 0.25) is 0 Å². The summed E-state index contributed by atoms with van der Waals surface area (Å²) < 4.78 is 1.73. The van der Waals surface area contributed by atoms with Crippen molar-refractivity contribution in [3.8, 4) is 0 Å². The van der Waals surface area contributed by atoms with E-state index in [1.807, 2.05) is 38.4 Å². The van der Waals surface area contributed by atoms with Gasteiger partial charge in [0, 0.05) is 17.6 Å². The summed E-state index contributed by atoms with van der Waals surface area (Å²) in [7, 11) is 1.85. The molecule has 0 aliphatic heterocycles. The molecule has 2 aromatic heterocycles. The van der Waals surface area contributed by atoms with Crippen LogP contribution in [-0.4, -0.2) is 15.7 Å². The first-order valence-electron chi connectivity index (χ1n) is 5.40. The summed E-state index contributed by atoms with van der Waals surface area (Å²) in [4.78, 5) is 13.2. The molecule has 2 heterocycles. The van der Waals surface area contributed by atoms with Gasteiger partial charge in [0.1, 0.15) is 0 Å². The molecule has 0 atom stereocenters. The number of hydrogen-bond acceptors (Lipinski definition) is 3. The van der Waals surface area contributed by atoms with E-state index in [1.54, 1.807) is 16.0 Å². The van der Waals surface area contributed by atoms with Crippen molar-refractivity contribution < 1.29 is 4.79 Å². The summed E-state index contributed by atoms with van der Waals surface area (Å²) in [5, 5.41) is 9.15. The van der Waals surface area contributed by atoms with E-state index in [0.717, 1.165) is 16.3 Å². The minimum Gasteiger partial charge on any atom is -0.347 e. The first-order chi connectivity index (χ1) is 8.09. The number of aryl methyl sites for hydroxylation is 2. The molecule has 0 fully saturated rings. The zero-order valence-corrected chi connectivity index (χ0v) is 11.0. The summed E-state index contributed by atoms with van der Waals surface area (Å²) >= 11 is 1.64. The predicted molar refractivity (Wildman–Crippen MR) is 68.2 cm³/mol. The molecule has 4 nitrogen and oxygen atoms in total. The van der Waals surface area contributed by atoms with Gasteiger partial charge in [-0.3, -0.25) is 9.48 Å². The van der Waals surface area contributed by atoms with Crippen molar-refractivity contribution in [2.75, 3.05) is 0 Å². The lowest BCUT2D eigenvalue weighted by Crippen LogP contribution is -2.23. The quantitative estimate of drug-likeness (QED) is 0.904. The fraction of sp³-hybridized carbons (Fsp3) is 0.333. The van der Waals surface area contributed by atoms with Gasteiger partial charge in [-0.05, 0) is 25.3 Å². The molecule has 0 saturated heterocycles. The molecule has 1 N–H and O–H groups in total. The van der Waals surface area contributed by atoms with Crippen LogP contribution in [-0.2, 0) is 13.6 Å². The van der Waals surface area contributed by atoms with Crippen molar-refractivity contribution in [1.29, 1.82) is 0 Å². The monoisotopic (exact) mass is 249 g/mol. The molecule has 2 aromatic rings. The van der Waals surface area contributed by atoms with Crippen molar-refractivity contribution in [1.82, 2.24) is 15.1 Å². The molecule has 0 aliphatic carbocycles. The standard InChI is InChI=1S/C12H15N3OS/c1-8-11(9(2)15(3)14-8)12(16)13-7-10-5-4-6-17-10/h4-6H,7H2,1-3H3,(H,13,16). The van der Waals surface area contributed by atoms with E-state index < -0.39 is 0 Å². The SMILES string of the molecule is Cc1nn(C)c(C)c1C(=O)NCc1cccs1. The number of hydrogen-bond donors (Lipinski definition) is 1. The molecule has 5 heteroatoms. The summed E-state index contributed by atoms with van der Waals surface area (Å²) in [6.45, 7) is 4.33. The first kappa shape index (κ1) is 11.9. The minimum absolute atomic E-state index is 0.0542. The topological polar surface area (TPSA) is 46.9 Å². The van der Waals surface area contributed by atoms with E-state index in [2.05, 4.69) is 10.4 Å². The highest BCUT2D eigenvalue weighted by Crippen LogP contribution is 2.13. The molecule has 0 spiro atoms. The second kappa shape index (κ2) is 4.71. The van der Waals surface area contributed by atoms with Crippen molar-refractivity contribution in [3.05, 3.63) is 39.3 Å². The Balaban J connectivity index is 2.10. The molecule has 0 aliphatic rings. The molecule has 0 aromatic carbocycles. The van der Waals surface area contributed by atoms with Crippen LogP contribution in [0, 0.1) is 13.8 Å². The largest absolute Gasteiger partial charge is 0.347 e. The van der Waals surface area contributed by atoms with E-state index in [4.69, 9.17) is 0 Å². The van der Waals surface area contributed by atoms with Crippen LogP contribution in [0.1, 0.15) is 26.6 Å². The third kappa shape index (κ3) is 2.39. The van der Waals surface area contributed by atoms with Crippen LogP contribution in [0.3, 0.4) is 0 Å². The Morgan fingerprint density at radius 3 is 2.82 bits per heavy atom. The molecule has 17 heavy (non-hydrogen) atoms.